The Kier molecular flexibility index (Phi) is 3.52. The van der Waals surface area contributed by atoms with Gasteiger partial charge in [-0.2, -0.15) is 0 Å². The number of halogens is 2. The zero-order valence-corrected chi connectivity index (χ0v) is 10.8. The quantitative estimate of drug-likeness (QED) is 0.856. The summed E-state index contributed by atoms with van der Waals surface area (Å²) in [4.78, 5) is 4.32. The molecule has 0 unspecified atom stereocenters. The molecule has 2 rings (SSSR count). The number of nitrogens with one attached hydrogen (secondary N) is 1. The lowest BCUT2D eigenvalue weighted by molar-refractivity contribution is 0.537. The van der Waals surface area contributed by atoms with Crippen molar-refractivity contribution in [1.29, 1.82) is 0 Å². The molecule has 1 N–H and O–H groups in total. The summed E-state index contributed by atoms with van der Waals surface area (Å²) in [5.41, 5.74) is 0.0540. The lowest BCUT2D eigenvalue weighted by Crippen LogP contribution is -2.37. The van der Waals surface area contributed by atoms with Crippen LogP contribution in [0.1, 0.15) is 25.7 Å². The third-order valence-electron chi connectivity index (χ3n) is 2.96. The van der Waals surface area contributed by atoms with Crippen LogP contribution in [0.25, 0.3) is 0 Å². The number of pyridine rings is 1. The number of rotatable bonds is 3. The van der Waals surface area contributed by atoms with Gasteiger partial charge in [0.05, 0.1) is 10.0 Å². The van der Waals surface area contributed by atoms with Gasteiger partial charge in [0.1, 0.15) is 5.82 Å². The lowest BCUT2D eigenvalue weighted by Gasteiger charge is -2.28. The topological polar surface area (TPSA) is 24.9 Å². The van der Waals surface area contributed by atoms with Crippen molar-refractivity contribution < 1.29 is 0 Å². The summed E-state index contributed by atoms with van der Waals surface area (Å²) < 4.78 is 1.00. The van der Waals surface area contributed by atoms with Crippen LogP contribution in [0.5, 0.6) is 0 Å². The van der Waals surface area contributed by atoms with Crippen LogP contribution in [0, 0.1) is 0 Å². The molecule has 1 saturated carbocycles. The fraction of sp³-hybridized carbons (Fsp3) is 0.545. The molecule has 0 bridgehead atoms. The van der Waals surface area contributed by atoms with Gasteiger partial charge in [-0.1, -0.05) is 12.8 Å². The molecule has 4 heteroatoms. The van der Waals surface area contributed by atoms with E-state index in [1.165, 1.54) is 12.8 Å². The van der Waals surface area contributed by atoms with E-state index in [9.17, 15) is 0 Å². The average molecular weight is 290 g/mol. The molecule has 1 fully saturated rings. The van der Waals surface area contributed by atoms with Crippen molar-refractivity contribution in [1.82, 2.24) is 4.98 Å². The van der Waals surface area contributed by atoms with Crippen molar-refractivity contribution in [3.8, 4) is 0 Å². The molecule has 0 saturated heterocycles. The summed E-state index contributed by atoms with van der Waals surface area (Å²) in [6.45, 7) is 0. The Morgan fingerprint density at radius 3 is 2.80 bits per heavy atom. The minimum Gasteiger partial charge on any atom is -0.362 e. The predicted molar refractivity (Wildman–Crippen MR) is 67.5 cm³/mol. The molecule has 15 heavy (non-hydrogen) atoms. The van der Waals surface area contributed by atoms with Crippen LogP contribution in [-0.4, -0.2) is 16.4 Å². The first-order chi connectivity index (χ1) is 7.26. The maximum atomic E-state index is 6.06. The number of hydrogen-bond acceptors (Lipinski definition) is 2. The zero-order chi connectivity index (χ0) is 10.7. The van der Waals surface area contributed by atoms with E-state index in [0.717, 1.165) is 23.1 Å². The van der Waals surface area contributed by atoms with Crippen LogP contribution >= 0.6 is 27.5 Å². The monoisotopic (exact) mass is 288 g/mol. The zero-order valence-electron chi connectivity index (χ0n) is 8.47. The first-order valence-corrected chi connectivity index (χ1v) is 6.53. The third-order valence-corrected chi connectivity index (χ3v) is 4.11. The standard InChI is InChI=1S/C11H14BrClN2/c12-9-4-3-7-14-10(9)15-11(8-13)5-1-2-6-11/h3-4,7H,1-2,5-6,8H2,(H,14,15). The highest BCUT2D eigenvalue weighted by atomic mass is 79.9. The Bertz CT molecular complexity index is 337. The molecule has 1 aromatic heterocycles. The summed E-state index contributed by atoms with van der Waals surface area (Å²) in [5, 5.41) is 3.48. The maximum Gasteiger partial charge on any atom is 0.140 e. The van der Waals surface area contributed by atoms with Crippen LogP contribution in [0.3, 0.4) is 0 Å². The lowest BCUT2D eigenvalue weighted by atomic mass is 10.0. The summed E-state index contributed by atoms with van der Waals surface area (Å²) in [6.07, 6.45) is 6.58. The normalized spacial score (nSPS) is 19.1. The molecule has 0 radical (unpaired) electrons. The van der Waals surface area contributed by atoms with Gasteiger partial charge in [-0.15, -0.1) is 11.6 Å². The molecule has 0 spiro atoms. The second-order valence-corrected chi connectivity index (χ2v) is 5.20. The molecule has 1 aromatic rings. The highest BCUT2D eigenvalue weighted by Gasteiger charge is 2.33. The van der Waals surface area contributed by atoms with E-state index in [0.29, 0.717) is 5.88 Å². The van der Waals surface area contributed by atoms with Gasteiger partial charge in [-0.05, 0) is 40.9 Å². The predicted octanol–water partition coefficient (Wildman–Crippen LogP) is 3.81. The van der Waals surface area contributed by atoms with Crippen LogP contribution in [0.15, 0.2) is 22.8 Å². The van der Waals surface area contributed by atoms with E-state index in [1.807, 2.05) is 12.1 Å². The number of alkyl halides is 1. The summed E-state index contributed by atoms with van der Waals surface area (Å²) in [5.74, 6) is 1.55. The van der Waals surface area contributed by atoms with Crippen molar-refractivity contribution in [3.63, 3.8) is 0 Å². The van der Waals surface area contributed by atoms with E-state index in [2.05, 4.69) is 26.2 Å². The molecule has 82 valence electrons. The molecule has 0 amide bonds. The van der Waals surface area contributed by atoms with E-state index in [1.54, 1.807) is 6.20 Å². The van der Waals surface area contributed by atoms with Crippen LogP contribution < -0.4 is 5.32 Å². The highest BCUT2D eigenvalue weighted by molar-refractivity contribution is 9.10. The molecular weight excluding hydrogens is 275 g/mol. The largest absolute Gasteiger partial charge is 0.362 e. The molecular formula is C11H14BrClN2. The summed E-state index contributed by atoms with van der Waals surface area (Å²) >= 11 is 9.55. The Morgan fingerprint density at radius 1 is 1.47 bits per heavy atom. The van der Waals surface area contributed by atoms with Crippen molar-refractivity contribution >= 4 is 33.3 Å². The van der Waals surface area contributed by atoms with Gasteiger partial charge >= 0.3 is 0 Å². The smallest absolute Gasteiger partial charge is 0.140 e. The Morgan fingerprint density at radius 2 is 2.20 bits per heavy atom. The minimum atomic E-state index is 0.0540. The summed E-state index contributed by atoms with van der Waals surface area (Å²) in [7, 11) is 0. The van der Waals surface area contributed by atoms with E-state index < -0.39 is 0 Å². The van der Waals surface area contributed by atoms with Gasteiger partial charge in [-0.25, -0.2) is 4.98 Å². The molecule has 0 atom stereocenters. The average Bonchev–Trinajstić information content (AvgIpc) is 2.71. The first-order valence-electron chi connectivity index (χ1n) is 5.20. The van der Waals surface area contributed by atoms with E-state index in [4.69, 9.17) is 11.6 Å². The van der Waals surface area contributed by atoms with Crippen molar-refractivity contribution in [3.05, 3.63) is 22.8 Å². The fourth-order valence-electron chi connectivity index (χ4n) is 2.07. The van der Waals surface area contributed by atoms with E-state index in [-0.39, 0.29) is 5.54 Å². The Balaban J connectivity index is 2.16. The van der Waals surface area contributed by atoms with Gasteiger partial charge < -0.3 is 5.32 Å². The SMILES string of the molecule is ClCC1(Nc2ncccc2Br)CCCC1. The minimum absolute atomic E-state index is 0.0540. The third kappa shape index (κ3) is 2.45. The van der Waals surface area contributed by atoms with Crippen LogP contribution in [-0.2, 0) is 0 Å². The van der Waals surface area contributed by atoms with E-state index >= 15 is 0 Å². The van der Waals surface area contributed by atoms with Gasteiger partial charge in [0.25, 0.3) is 0 Å². The van der Waals surface area contributed by atoms with Gasteiger partial charge in [-0.3, -0.25) is 0 Å². The molecule has 0 aromatic carbocycles. The molecule has 1 aliphatic carbocycles. The number of nitrogens with zero attached hydrogens (tertiary/aromatic N) is 1. The maximum absolute atomic E-state index is 6.06. The van der Waals surface area contributed by atoms with Gasteiger partial charge in [0, 0.05) is 12.1 Å². The number of anilines is 1. The van der Waals surface area contributed by atoms with Crippen molar-refractivity contribution in [2.75, 3.05) is 11.2 Å². The van der Waals surface area contributed by atoms with Crippen molar-refractivity contribution in [2.45, 2.75) is 31.2 Å². The molecule has 1 aliphatic rings. The first kappa shape index (κ1) is 11.2. The van der Waals surface area contributed by atoms with Crippen LogP contribution in [0.2, 0.25) is 0 Å². The van der Waals surface area contributed by atoms with Gasteiger partial charge in [0.15, 0.2) is 0 Å². The number of hydrogen-bond donors (Lipinski definition) is 1. The second kappa shape index (κ2) is 4.71. The summed E-state index contributed by atoms with van der Waals surface area (Å²) in [6, 6.07) is 3.91. The molecule has 0 aliphatic heterocycles. The Hall–Kier alpha value is -0.280. The molecule has 1 heterocycles. The van der Waals surface area contributed by atoms with Crippen LogP contribution in [0.4, 0.5) is 5.82 Å². The Labute approximate surface area is 104 Å². The van der Waals surface area contributed by atoms with Crippen molar-refractivity contribution in [2.24, 2.45) is 0 Å². The number of aromatic nitrogens is 1. The highest BCUT2D eigenvalue weighted by Crippen LogP contribution is 2.35. The molecule has 2 nitrogen and oxygen atoms in total. The fourth-order valence-corrected chi connectivity index (χ4v) is 2.76. The van der Waals surface area contributed by atoms with Gasteiger partial charge in [0.2, 0.25) is 0 Å². The second-order valence-electron chi connectivity index (χ2n) is 4.08.